The van der Waals surface area contributed by atoms with Gasteiger partial charge in [-0.3, -0.25) is 10.1 Å². The maximum Gasteiger partial charge on any atom is 0.340 e. The molecule has 0 fully saturated rings. The summed E-state index contributed by atoms with van der Waals surface area (Å²) in [7, 11) is 1.53. The van der Waals surface area contributed by atoms with Crippen molar-refractivity contribution in [1.82, 2.24) is 4.98 Å². The maximum atomic E-state index is 12.1. The van der Waals surface area contributed by atoms with Gasteiger partial charge in [0.05, 0.1) is 29.9 Å². The number of benzene rings is 1. The van der Waals surface area contributed by atoms with Crippen LogP contribution in [0.15, 0.2) is 43.1 Å². The number of carbonyl (C=O) groups is 1. The summed E-state index contributed by atoms with van der Waals surface area (Å²) in [5.74, 6) is 0.426. The molecule has 0 aliphatic rings. The van der Waals surface area contributed by atoms with Gasteiger partial charge in [-0.25, -0.2) is 9.78 Å². The van der Waals surface area contributed by atoms with Gasteiger partial charge in [0.1, 0.15) is 12.8 Å². The summed E-state index contributed by atoms with van der Waals surface area (Å²) >= 11 is 0. The zero-order chi connectivity index (χ0) is 20.5. The Balaban J connectivity index is 2.35. The molecule has 2 aromatic rings. The summed E-state index contributed by atoms with van der Waals surface area (Å²) in [5.41, 5.74) is 0.753. The molecule has 0 N–H and O–H groups in total. The van der Waals surface area contributed by atoms with Crippen molar-refractivity contribution in [2.24, 2.45) is 0 Å². The Morgan fingerprint density at radius 1 is 1.29 bits per heavy atom. The Kier molecular flexibility index (Phi) is 7.27. The smallest absolute Gasteiger partial charge is 0.340 e. The van der Waals surface area contributed by atoms with Crippen molar-refractivity contribution < 1.29 is 23.9 Å². The molecule has 28 heavy (non-hydrogen) atoms. The van der Waals surface area contributed by atoms with Crippen LogP contribution >= 0.6 is 0 Å². The second kappa shape index (κ2) is 9.86. The molecule has 0 atom stereocenters. The Hall–Kier alpha value is -3.68. The number of nitrogens with zero attached hydrogens (tertiary/aromatic N) is 2. The van der Waals surface area contributed by atoms with E-state index in [2.05, 4.69) is 11.6 Å². The number of hydrogen-bond donors (Lipinski definition) is 0. The number of esters is 1. The molecule has 1 heterocycles. The minimum Gasteiger partial charge on any atom is -0.493 e. The number of methoxy groups -OCH3 is 1. The Labute approximate surface area is 162 Å². The standard InChI is InChI=1S/C20H20N2O6/c1-4-10-28-18-9-7-14(11-19(18)26-3)6-8-17-16(20(23)27-5-2)12-15(13-21-17)22(24)25/h4,6-9,11-13H,1,5,10H2,2-3H3/b8-6+. The molecule has 0 saturated carbocycles. The number of nitro groups is 1. The number of aromatic nitrogens is 1. The van der Waals surface area contributed by atoms with E-state index in [1.807, 2.05) is 0 Å². The van der Waals surface area contributed by atoms with Gasteiger partial charge in [0, 0.05) is 6.07 Å². The number of carbonyl (C=O) groups excluding carboxylic acids is 1. The zero-order valence-electron chi connectivity index (χ0n) is 15.6. The Morgan fingerprint density at radius 2 is 2.07 bits per heavy atom. The highest BCUT2D eigenvalue weighted by molar-refractivity contribution is 5.94. The van der Waals surface area contributed by atoms with Crippen LogP contribution in [-0.2, 0) is 4.74 Å². The topological polar surface area (TPSA) is 101 Å². The number of hydrogen-bond acceptors (Lipinski definition) is 7. The Bertz CT molecular complexity index is 908. The van der Waals surface area contributed by atoms with Gasteiger partial charge >= 0.3 is 5.97 Å². The molecule has 0 aliphatic carbocycles. The highest BCUT2D eigenvalue weighted by Gasteiger charge is 2.17. The normalized spacial score (nSPS) is 10.5. The van der Waals surface area contributed by atoms with Gasteiger partial charge in [-0.1, -0.05) is 24.8 Å². The molecule has 8 nitrogen and oxygen atoms in total. The average Bonchev–Trinajstić information content (AvgIpc) is 2.70. The fourth-order valence-electron chi connectivity index (χ4n) is 2.30. The molecule has 1 aromatic heterocycles. The first-order valence-corrected chi connectivity index (χ1v) is 8.41. The molecule has 2 rings (SSSR count). The fraction of sp³-hybridized carbons (Fsp3) is 0.200. The second-order valence-corrected chi connectivity index (χ2v) is 5.45. The number of pyridine rings is 1. The third-order valence-corrected chi connectivity index (χ3v) is 3.59. The molecule has 0 bridgehead atoms. The molecular formula is C20H20N2O6. The molecule has 0 saturated heterocycles. The van der Waals surface area contributed by atoms with Gasteiger partial charge in [0.2, 0.25) is 0 Å². The summed E-state index contributed by atoms with van der Waals surface area (Å²) in [4.78, 5) is 26.5. The van der Waals surface area contributed by atoms with Gasteiger partial charge in [0.25, 0.3) is 5.69 Å². The summed E-state index contributed by atoms with van der Waals surface area (Å²) in [6.07, 6.45) is 6.01. The van der Waals surface area contributed by atoms with Gasteiger partial charge in [-0.15, -0.1) is 0 Å². The van der Waals surface area contributed by atoms with E-state index >= 15 is 0 Å². The Morgan fingerprint density at radius 3 is 2.71 bits per heavy atom. The third-order valence-electron chi connectivity index (χ3n) is 3.59. The molecule has 1 aromatic carbocycles. The SMILES string of the molecule is C=CCOc1ccc(/C=C/c2ncc([N+](=O)[O-])cc2C(=O)OCC)cc1OC. The van der Waals surface area contributed by atoms with E-state index in [-0.39, 0.29) is 23.6 Å². The lowest BCUT2D eigenvalue weighted by atomic mass is 10.1. The van der Waals surface area contributed by atoms with E-state index < -0.39 is 10.9 Å². The maximum absolute atomic E-state index is 12.1. The van der Waals surface area contributed by atoms with Crippen LogP contribution < -0.4 is 9.47 Å². The van der Waals surface area contributed by atoms with Gasteiger partial charge < -0.3 is 14.2 Å². The molecule has 0 unspecified atom stereocenters. The van der Waals surface area contributed by atoms with Crippen LogP contribution in [0.5, 0.6) is 11.5 Å². The van der Waals surface area contributed by atoms with Crippen molar-refractivity contribution in [2.75, 3.05) is 20.3 Å². The van der Waals surface area contributed by atoms with E-state index in [9.17, 15) is 14.9 Å². The number of rotatable bonds is 9. The number of ether oxygens (including phenoxy) is 3. The van der Waals surface area contributed by atoms with Crippen molar-refractivity contribution in [3.8, 4) is 11.5 Å². The first-order valence-electron chi connectivity index (χ1n) is 8.41. The minimum absolute atomic E-state index is 0.0187. The van der Waals surface area contributed by atoms with E-state index in [0.717, 1.165) is 17.8 Å². The van der Waals surface area contributed by atoms with Crippen LogP contribution in [0.3, 0.4) is 0 Å². The lowest BCUT2D eigenvalue weighted by Gasteiger charge is -2.10. The average molecular weight is 384 g/mol. The van der Waals surface area contributed by atoms with Crippen LogP contribution in [0.1, 0.15) is 28.5 Å². The predicted octanol–water partition coefficient (Wildman–Crippen LogP) is 3.91. The first-order chi connectivity index (χ1) is 13.5. The van der Waals surface area contributed by atoms with E-state index in [1.54, 1.807) is 43.4 Å². The van der Waals surface area contributed by atoms with Crippen molar-refractivity contribution in [2.45, 2.75) is 6.92 Å². The third kappa shape index (κ3) is 5.16. The lowest BCUT2D eigenvalue weighted by Crippen LogP contribution is -2.08. The van der Waals surface area contributed by atoms with Crippen molar-refractivity contribution in [3.05, 3.63) is 70.1 Å². The van der Waals surface area contributed by atoms with Crippen LogP contribution in [0.25, 0.3) is 12.2 Å². The molecular weight excluding hydrogens is 364 g/mol. The van der Waals surface area contributed by atoms with Crippen LogP contribution in [0, 0.1) is 10.1 Å². The molecule has 0 amide bonds. The molecule has 146 valence electrons. The first kappa shape index (κ1) is 20.6. The monoisotopic (exact) mass is 384 g/mol. The van der Waals surface area contributed by atoms with Crippen molar-refractivity contribution >= 4 is 23.8 Å². The summed E-state index contributed by atoms with van der Waals surface area (Å²) in [5, 5.41) is 11.0. The highest BCUT2D eigenvalue weighted by Crippen LogP contribution is 2.29. The largest absolute Gasteiger partial charge is 0.493 e. The van der Waals surface area contributed by atoms with Gasteiger partial charge in [0.15, 0.2) is 11.5 Å². The lowest BCUT2D eigenvalue weighted by molar-refractivity contribution is -0.385. The van der Waals surface area contributed by atoms with Crippen molar-refractivity contribution in [3.63, 3.8) is 0 Å². The zero-order valence-corrected chi connectivity index (χ0v) is 15.6. The summed E-state index contributed by atoms with van der Waals surface area (Å²) < 4.78 is 15.8. The predicted molar refractivity (Wildman–Crippen MR) is 104 cm³/mol. The molecule has 8 heteroatoms. The molecule has 0 aliphatic heterocycles. The minimum atomic E-state index is -0.677. The fourth-order valence-corrected chi connectivity index (χ4v) is 2.30. The summed E-state index contributed by atoms with van der Waals surface area (Å²) in [6, 6.07) is 6.45. The molecule has 0 spiro atoms. The van der Waals surface area contributed by atoms with Gasteiger partial charge in [-0.2, -0.15) is 0 Å². The highest BCUT2D eigenvalue weighted by atomic mass is 16.6. The van der Waals surface area contributed by atoms with E-state index in [1.165, 1.54) is 7.11 Å². The van der Waals surface area contributed by atoms with Crippen LogP contribution in [0.4, 0.5) is 5.69 Å². The van der Waals surface area contributed by atoms with E-state index in [4.69, 9.17) is 14.2 Å². The van der Waals surface area contributed by atoms with Crippen LogP contribution in [0.2, 0.25) is 0 Å². The van der Waals surface area contributed by atoms with Crippen molar-refractivity contribution in [1.29, 1.82) is 0 Å². The summed E-state index contributed by atoms with van der Waals surface area (Å²) in [6.45, 7) is 5.75. The van der Waals surface area contributed by atoms with Gasteiger partial charge in [-0.05, 0) is 30.7 Å². The molecule has 0 radical (unpaired) electrons. The van der Waals surface area contributed by atoms with E-state index in [0.29, 0.717) is 18.1 Å². The quantitative estimate of drug-likeness (QED) is 0.280. The second-order valence-electron chi connectivity index (χ2n) is 5.45. The van der Waals surface area contributed by atoms with Crippen LogP contribution in [-0.4, -0.2) is 36.2 Å².